The quantitative estimate of drug-likeness (QED) is 0.447. The number of anilines is 1. The zero-order valence-electron chi connectivity index (χ0n) is 10.8. The lowest BCUT2D eigenvalue weighted by Crippen LogP contribution is -2.32. The first-order valence-corrected chi connectivity index (χ1v) is 6.50. The van der Waals surface area contributed by atoms with Crippen LogP contribution in [0.25, 0.3) is 10.8 Å². The highest BCUT2D eigenvalue weighted by atomic mass is 16.2. The molecule has 20 heavy (non-hydrogen) atoms. The summed E-state index contributed by atoms with van der Waals surface area (Å²) in [4.78, 5) is 23.5. The third kappa shape index (κ3) is 2.23. The summed E-state index contributed by atoms with van der Waals surface area (Å²) in [5.41, 5.74) is 2.86. The van der Waals surface area contributed by atoms with E-state index in [1.807, 2.05) is 42.5 Å². The van der Waals surface area contributed by atoms with Crippen LogP contribution in [0.3, 0.4) is 0 Å². The molecule has 102 valence electrons. The molecule has 2 aromatic rings. The number of rotatable bonds is 3. The predicted octanol–water partition coefficient (Wildman–Crippen LogP) is 1.40. The van der Waals surface area contributed by atoms with E-state index in [0.717, 1.165) is 16.5 Å². The van der Waals surface area contributed by atoms with E-state index >= 15 is 0 Å². The molecule has 4 N–H and O–H groups in total. The molecular weight excluding hydrogens is 254 g/mol. The topological polar surface area (TPSA) is 84.2 Å². The Morgan fingerprint density at radius 1 is 1.00 bits per heavy atom. The van der Waals surface area contributed by atoms with Gasteiger partial charge in [-0.2, -0.15) is 0 Å². The number of hydrazine groups is 1. The normalized spacial score (nSPS) is 20.4. The minimum atomic E-state index is -0.296. The maximum absolute atomic E-state index is 12.1. The van der Waals surface area contributed by atoms with Gasteiger partial charge in [0, 0.05) is 11.1 Å². The van der Waals surface area contributed by atoms with E-state index in [-0.39, 0.29) is 23.7 Å². The van der Waals surface area contributed by atoms with Crippen molar-refractivity contribution in [1.82, 2.24) is 5.43 Å². The zero-order valence-corrected chi connectivity index (χ0v) is 10.8. The zero-order chi connectivity index (χ0) is 14.1. The van der Waals surface area contributed by atoms with Crippen molar-refractivity contribution in [3.63, 3.8) is 0 Å². The van der Waals surface area contributed by atoms with Crippen LogP contribution in [0.15, 0.2) is 42.5 Å². The van der Waals surface area contributed by atoms with Gasteiger partial charge in [-0.15, -0.1) is 0 Å². The molecule has 0 radical (unpaired) electrons. The molecule has 2 amide bonds. The Bertz CT molecular complexity index is 678. The molecule has 5 heteroatoms. The Balaban J connectivity index is 1.78. The van der Waals surface area contributed by atoms with Crippen LogP contribution in [0.5, 0.6) is 0 Å². The van der Waals surface area contributed by atoms with Gasteiger partial charge in [-0.25, -0.2) is 5.84 Å². The summed E-state index contributed by atoms with van der Waals surface area (Å²) < 4.78 is 0. The van der Waals surface area contributed by atoms with E-state index in [1.54, 1.807) is 0 Å². The van der Waals surface area contributed by atoms with Crippen LogP contribution < -0.4 is 16.6 Å². The van der Waals surface area contributed by atoms with Gasteiger partial charge in [-0.1, -0.05) is 36.4 Å². The Hall–Kier alpha value is -2.40. The maximum atomic E-state index is 12.1. The van der Waals surface area contributed by atoms with Crippen LogP contribution in [0.1, 0.15) is 6.42 Å². The molecule has 0 unspecified atom stereocenters. The molecule has 5 nitrogen and oxygen atoms in total. The second-order valence-corrected chi connectivity index (χ2v) is 4.97. The lowest BCUT2D eigenvalue weighted by molar-refractivity contribution is -0.125. The van der Waals surface area contributed by atoms with Crippen molar-refractivity contribution >= 4 is 28.3 Å². The maximum Gasteiger partial charge on any atom is 0.237 e. The monoisotopic (exact) mass is 269 g/mol. The molecule has 2 atom stereocenters. The number of carbonyl (C=O) groups is 2. The van der Waals surface area contributed by atoms with Crippen LogP contribution >= 0.6 is 0 Å². The van der Waals surface area contributed by atoms with E-state index in [9.17, 15) is 9.59 Å². The van der Waals surface area contributed by atoms with Crippen molar-refractivity contribution in [2.24, 2.45) is 17.7 Å². The van der Waals surface area contributed by atoms with Gasteiger partial charge in [0.1, 0.15) is 0 Å². The summed E-state index contributed by atoms with van der Waals surface area (Å²) in [6.45, 7) is 0. The minimum Gasteiger partial charge on any atom is -0.325 e. The molecule has 0 spiro atoms. The number of hydrogen-bond donors (Lipinski definition) is 3. The van der Waals surface area contributed by atoms with Gasteiger partial charge in [-0.05, 0) is 17.9 Å². The van der Waals surface area contributed by atoms with Crippen molar-refractivity contribution in [3.05, 3.63) is 42.5 Å². The minimum absolute atomic E-state index is 0.130. The SMILES string of the molecule is NNC(=O)[C@H]1C[C@@H]1C(=O)Nc1cccc2ccccc12. The van der Waals surface area contributed by atoms with Crippen molar-refractivity contribution < 1.29 is 9.59 Å². The summed E-state index contributed by atoms with van der Waals surface area (Å²) in [6, 6.07) is 13.6. The lowest BCUT2D eigenvalue weighted by atomic mass is 10.1. The predicted molar refractivity (Wildman–Crippen MR) is 76.5 cm³/mol. The summed E-state index contributed by atoms with van der Waals surface area (Å²) >= 11 is 0. The fraction of sp³-hybridized carbons (Fsp3) is 0.200. The van der Waals surface area contributed by atoms with Crippen molar-refractivity contribution in [2.75, 3.05) is 5.32 Å². The van der Waals surface area contributed by atoms with Gasteiger partial charge < -0.3 is 5.32 Å². The summed E-state index contributed by atoms with van der Waals surface area (Å²) in [5.74, 6) is 4.09. The first-order valence-electron chi connectivity index (χ1n) is 6.50. The number of nitrogens with two attached hydrogens (primary N) is 1. The van der Waals surface area contributed by atoms with Gasteiger partial charge in [0.15, 0.2) is 0 Å². The average Bonchev–Trinajstić information content (AvgIpc) is 3.27. The number of amides is 2. The van der Waals surface area contributed by atoms with Gasteiger partial charge >= 0.3 is 0 Å². The molecule has 1 saturated carbocycles. The van der Waals surface area contributed by atoms with E-state index in [2.05, 4.69) is 10.7 Å². The van der Waals surface area contributed by atoms with Crippen LogP contribution in [-0.2, 0) is 9.59 Å². The molecule has 0 bridgehead atoms. The molecule has 1 aliphatic rings. The molecule has 0 saturated heterocycles. The largest absolute Gasteiger partial charge is 0.325 e. The second kappa shape index (κ2) is 4.94. The van der Waals surface area contributed by atoms with Crippen LogP contribution in [0, 0.1) is 11.8 Å². The Kier molecular flexibility index (Phi) is 3.12. The first kappa shape index (κ1) is 12.6. The Labute approximate surface area is 116 Å². The first-order chi connectivity index (χ1) is 9.70. The van der Waals surface area contributed by atoms with Crippen molar-refractivity contribution in [2.45, 2.75) is 6.42 Å². The molecule has 0 aromatic heterocycles. The average molecular weight is 269 g/mol. The standard InChI is InChI=1S/C15H15N3O2/c16-18-15(20)12-8-11(12)14(19)17-13-7-3-5-9-4-1-2-6-10(9)13/h1-7,11-12H,8,16H2,(H,17,19)(H,18,20)/t11-,12-/m0/s1. The van der Waals surface area contributed by atoms with Crippen molar-refractivity contribution in [3.8, 4) is 0 Å². The van der Waals surface area contributed by atoms with Gasteiger partial charge in [0.2, 0.25) is 11.8 Å². The second-order valence-electron chi connectivity index (χ2n) is 4.97. The highest BCUT2D eigenvalue weighted by Crippen LogP contribution is 2.39. The number of benzene rings is 2. The van der Waals surface area contributed by atoms with E-state index in [0.29, 0.717) is 6.42 Å². The summed E-state index contributed by atoms with van der Waals surface area (Å²) in [7, 11) is 0. The van der Waals surface area contributed by atoms with E-state index in [4.69, 9.17) is 5.84 Å². The Morgan fingerprint density at radius 2 is 1.70 bits per heavy atom. The molecule has 1 aliphatic carbocycles. The molecule has 2 aromatic carbocycles. The fourth-order valence-corrected chi connectivity index (χ4v) is 2.44. The van der Waals surface area contributed by atoms with Gasteiger partial charge in [-0.3, -0.25) is 15.0 Å². The number of nitrogens with one attached hydrogen (secondary N) is 2. The molecule has 3 rings (SSSR count). The highest BCUT2D eigenvalue weighted by Gasteiger charge is 2.47. The van der Waals surface area contributed by atoms with E-state index in [1.165, 1.54) is 0 Å². The number of hydrogen-bond acceptors (Lipinski definition) is 3. The van der Waals surface area contributed by atoms with Gasteiger partial charge in [0.25, 0.3) is 0 Å². The van der Waals surface area contributed by atoms with Crippen molar-refractivity contribution in [1.29, 1.82) is 0 Å². The summed E-state index contributed by atoms with van der Waals surface area (Å²) in [6.07, 6.45) is 0.555. The van der Waals surface area contributed by atoms with Gasteiger partial charge in [0.05, 0.1) is 11.8 Å². The third-order valence-corrected chi connectivity index (χ3v) is 3.65. The highest BCUT2D eigenvalue weighted by molar-refractivity contribution is 6.05. The Morgan fingerprint density at radius 3 is 2.50 bits per heavy atom. The fourth-order valence-electron chi connectivity index (χ4n) is 2.44. The molecular formula is C15H15N3O2. The van der Waals surface area contributed by atoms with E-state index < -0.39 is 0 Å². The molecule has 0 aliphatic heterocycles. The van der Waals surface area contributed by atoms with Crippen LogP contribution in [0.4, 0.5) is 5.69 Å². The lowest BCUT2D eigenvalue weighted by Gasteiger charge is -2.08. The number of fused-ring (bicyclic) bond motifs is 1. The van der Waals surface area contributed by atoms with Crippen LogP contribution in [-0.4, -0.2) is 11.8 Å². The molecule has 1 fully saturated rings. The smallest absolute Gasteiger partial charge is 0.237 e. The number of carbonyl (C=O) groups excluding carboxylic acids is 2. The third-order valence-electron chi connectivity index (χ3n) is 3.65. The molecule has 0 heterocycles. The summed E-state index contributed by atoms with van der Waals surface area (Å²) in [5, 5.41) is 4.95. The van der Waals surface area contributed by atoms with Crippen LogP contribution in [0.2, 0.25) is 0 Å².